The molecular formula is C12H9FN6O3S. The number of thioether (sulfide) groups is 1. The van der Waals surface area contributed by atoms with E-state index in [1.165, 1.54) is 12.1 Å². The summed E-state index contributed by atoms with van der Waals surface area (Å²) >= 11 is 0.957. The summed E-state index contributed by atoms with van der Waals surface area (Å²) in [5.41, 5.74) is 1.92. The Hall–Kier alpha value is -2.95. The number of rotatable bonds is 5. The van der Waals surface area contributed by atoms with Gasteiger partial charge in [-0.2, -0.15) is 9.77 Å². The minimum Gasteiger partial charge on any atom is -0.411 e. The molecule has 0 spiro atoms. The third-order valence-electron chi connectivity index (χ3n) is 2.63. The summed E-state index contributed by atoms with van der Waals surface area (Å²) in [5, 5.41) is 13.2. The fourth-order valence-electron chi connectivity index (χ4n) is 1.63. The van der Waals surface area contributed by atoms with Crippen LogP contribution in [0, 0.1) is 5.82 Å². The second-order valence-corrected chi connectivity index (χ2v) is 5.13. The van der Waals surface area contributed by atoms with Crippen molar-refractivity contribution < 1.29 is 13.6 Å². The van der Waals surface area contributed by atoms with E-state index in [2.05, 4.69) is 25.8 Å². The number of carbonyl (C=O) groups is 1. The summed E-state index contributed by atoms with van der Waals surface area (Å²) in [6.07, 6.45) is 1.13. The van der Waals surface area contributed by atoms with E-state index in [9.17, 15) is 14.0 Å². The Morgan fingerprint density at radius 1 is 1.39 bits per heavy atom. The lowest BCUT2D eigenvalue weighted by atomic mass is 10.2. The molecule has 0 saturated heterocycles. The number of hydrogen-bond acceptors (Lipinski definition) is 7. The molecule has 0 aliphatic carbocycles. The van der Waals surface area contributed by atoms with Crippen molar-refractivity contribution in [2.75, 3.05) is 11.2 Å². The Morgan fingerprint density at radius 2 is 2.22 bits per heavy atom. The Bertz CT molecular complexity index is 889. The third-order valence-corrected chi connectivity index (χ3v) is 3.45. The lowest BCUT2D eigenvalue weighted by Crippen LogP contribution is -2.31. The molecule has 11 heteroatoms. The predicted octanol–water partition coefficient (Wildman–Crippen LogP) is 0.623. The van der Waals surface area contributed by atoms with Crippen molar-refractivity contribution in [3.63, 3.8) is 0 Å². The number of H-pyrrole nitrogens is 1. The lowest BCUT2D eigenvalue weighted by Gasteiger charge is -2.01. The monoisotopic (exact) mass is 336 g/mol. The van der Waals surface area contributed by atoms with Crippen molar-refractivity contribution in [2.24, 2.45) is 0 Å². The van der Waals surface area contributed by atoms with Gasteiger partial charge in [0.25, 0.3) is 11.1 Å². The summed E-state index contributed by atoms with van der Waals surface area (Å²) in [7, 11) is 0. The van der Waals surface area contributed by atoms with Gasteiger partial charge in [-0.15, -0.1) is 10.2 Å². The number of carbonyl (C=O) groups excluding carboxylic acids is 1. The number of benzene rings is 1. The van der Waals surface area contributed by atoms with Crippen molar-refractivity contribution in [3.05, 3.63) is 46.9 Å². The number of nitrogens with one attached hydrogen (secondary N) is 2. The molecule has 0 aliphatic rings. The SMILES string of the molecule is O=C(CSc1nnc(-c2ccccc2F)o1)Nn1cn[nH]c1=O. The van der Waals surface area contributed by atoms with Gasteiger partial charge in [0.1, 0.15) is 12.1 Å². The minimum atomic E-state index is -0.567. The molecule has 3 rings (SSSR count). The maximum atomic E-state index is 13.6. The van der Waals surface area contributed by atoms with Crippen LogP contribution in [-0.2, 0) is 4.79 Å². The van der Waals surface area contributed by atoms with Crippen molar-refractivity contribution >= 4 is 17.7 Å². The Morgan fingerprint density at radius 3 is 2.96 bits per heavy atom. The van der Waals surface area contributed by atoms with E-state index in [1.807, 2.05) is 0 Å². The molecule has 0 fully saturated rings. The van der Waals surface area contributed by atoms with Crippen LogP contribution in [-0.4, -0.2) is 36.7 Å². The van der Waals surface area contributed by atoms with Crippen LogP contribution < -0.4 is 11.1 Å². The Labute approximate surface area is 131 Å². The first-order valence-electron chi connectivity index (χ1n) is 6.26. The first-order valence-corrected chi connectivity index (χ1v) is 7.25. The van der Waals surface area contributed by atoms with Gasteiger partial charge in [-0.1, -0.05) is 23.9 Å². The highest BCUT2D eigenvalue weighted by Crippen LogP contribution is 2.24. The molecule has 0 saturated carbocycles. The number of nitrogens with zero attached hydrogens (tertiary/aromatic N) is 4. The van der Waals surface area contributed by atoms with E-state index in [0.29, 0.717) is 0 Å². The highest BCUT2D eigenvalue weighted by molar-refractivity contribution is 7.99. The van der Waals surface area contributed by atoms with Gasteiger partial charge < -0.3 is 4.42 Å². The van der Waals surface area contributed by atoms with Crippen LogP contribution in [0.4, 0.5) is 4.39 Å². The van der Waals surface area contributed by atoms with Gasteiger partial charge in [0.05, 0.1) is 11.3 Å². The molecule has 3 aromatic rings. The van der Waals surface area contributed by atoms with Crippen molar-refractivity contribution in [3.8, 4) is 11.5 Å². The second kappa shape index (κ2) is 6.44. The van der Waals surface area contributed by atoms with E-state index in [4.69, 9.17) is 4.42 Å². The molecule has 9 nitrogen and oxygen atoms in total. The molecule has 0 aliphatic heterocycles. The van der Waals surface area contributed by atoms with Crippen LogP contribution in [0.15, 0.2) is 45.0 Å². The third kappa shape index (κ3) is 3.45. The van der Waals surface area contributed by atoms with Crippen molar-refractivity contribution in [1.82, 2.24) is 25.1 Å². The highest BCUT2D eigenvalue weighted by atomic mass is 32.2. The minimum absolute atomic E-state index is 0.0251. The van der Waals surface area contributed by atoms with E-state index in [-0.39, 0.29) is 22.4 Å². The Kier molecular flexibility index (Phi) is 4.19. The van der Waals surface area contributed by atoms with E-state index >= 15 is 0 Å². The molecular weight excluding hydrogens is 327 g/mol. The number of amides is 1. The molecule has 0 atom stereocenters. The lowest BCUT2D eigenvalue weighted by molar-refractivity contribution is -0.114. The molecule has 118 valence electrons. The zero-order chi connectivity index (χ0) is 16.2. The summed E-state index contributed by atoms with van der Waals surface area (Å²) in [5.74, 6) is -0.998. The van der Waals surface area contributed by atoms with Gasteiger partial charge in [-0.25, -0.2) is 14.3 Å². The van der Waals surface area contributed by atoms with E-state index in [1.54, 1.807) is 12.1 Å². The highest BCUT2D eigenvalue weighted by Gasteiger charge is 2.14. The zero-order valence-corrected chi connectivity index (χ0v) is 12.2. The van der Waals surface area contributed by atoms with Crippen LogP contribution in [0.5, 0.6) is 0 Å². The molecule has 2 N–H and O–H groups in total. The second-order valence-electron chi connectivity index (χ2n) is 4.21. The molecule has 1 amide bonds. The maximum absolute atomic E-state index is 13.6. The predicted molar refractivity (Wildman–Crippen MR) is 77.6 cm³/mol. The van der Waals surface area contributed by atoms with Crippen LogP contribution in [0.3, 0.4) is 0 Å². The topological polar surface area (TPSA) is 119 Å². The summed E-state index contributed by atoms with van der Waals surface area (Å²) in [6.45, 7) is 0. The van der Waals surface area contributed by atoms with Crippen LogP contribution in [0.1, 0.15) is 0 Å². The number of aromatic nitrogens is 5. The fourth-order valence-corrected chi connectivity index (χ4v) is 2.19. The van der Waals surface area contributed by atoms with Crippen LogP contribution >= 0.6 is 11.8 Å². The zero-order valence-electron chi connectivity index (χ0n) is 11.4. The largest absolute Gasteiger partial charge is 0.411 e. The van der Waals surface area contributed by atoms with Crippen LogP contribution in [0.25, 0.3) is 11.5 Å². The van der Waals surface area contributed by atoms with Crippen molar-refractivity contribution in [1.29, 1.82) is 0 Å². The standard InChI is InChI=1S/C12H9FN6O3S/c13-8-4-2-1-3-7(8)10-15-17-12(22-10)23-5-9(20)18-19-6-14-16-11(19)21/h1-4,6H,5H2,(H,16,21)(H,18,20). The normalized spacial score (nSPS) is 10.7. The molecule has 2 heterocycles. The molecule has 0 unspecified atom stereocenters. The van der Waals surface area contributed by atoms with Gasteiger partial charge >= 0.3 is 5.69 Å². The van der Waals surface area contributed by atoms with Gasteiger partial charge in [0.15, 0.2) is 0 Å². The van der Waals surface area contributed by atoms with E-state index in [0.717, 1.165) is 22.8 Å². The molecule has 0 bridgehead atoms. The summed E-state index contributed by atoms with van der Waals surface area (Å²) in [6, 6.07) is 5.98. The Balaban J connectivity index is 1.61. The molecule has 1 aromatic carbocycles. The van der Waals surface area contributed by atoms with Gasteiger partial charge in [-0.05, 0) is 12.1 Å². The van der Waals surface area contributed by atoms with Crippen LogP contribution in [0.2, 0.25) is 0 Å². The van der Waals surface area contributed by atoms with Crippen molar-refractivity contribution in [2.45, 2.75) is 5.22 Å². The number of aromatic amines is 1. The van der Waals surface area contributed by atoms with E-state index < -0.39 is 17.4 Å². The quantitative estimate of drug-likeness (QED) is 0.656. The average molecular weight is 336 g/mol. The molecule has 23 heavy (non-hydrogen) atoms. The first-order chi connectivity index (χ1) is 11.1. The molecule has 0 radical (unpaired) electrons. The maximum Gasteiger partial charge on any atom is 0.362 e. The smallest absolute Gasteiger partial charge is 0.362 e. The number of halogens is 1. The fraction of sp³-hybridized carbons (Fsp3) is 0.0833. The average Bonchev–Trinajstić information content (AvgIpc) is 3.16. The first kappa shape index (κ1) is 15.0. The van der Waals surface area contributed by atoms with Gasteiger partial charge in [0, 0.05) is 0 Å². The number of hydrogen-bond donors (Lipinski definition) is 2. The molecule has 2 aromatic heterocycles. The van der Waals surface area contributed by atoms with Gasteiger partial charge in [-0.3, -0.25) is 10.2 Å². The summed E-state index contributed by atoms with van der Waals surface area (Å²) in [4.78, 5) is 22.9. The van der Waals surface area contributed by atoms with Gasteiger partial charge in [0.2, 0.25) is 5.91 Å². The summed E-state index contributed by atoms with van der Waals surface area (Å²) < 4.78 is 19.8.